The van der Waals surface area contributed by atoms with Crippen LogP contribution in [0.15, 0.2) is 0 Å². The Kier molecular flexibility index (Phi) is 73.7. The van der Waals surface area contributed by atoms with Gasteiger partial charge in [-0.1, -0.05) is 395 Å². The minimum atomic E-state index is -4.97. The molecule has 0 aliphatic carbocycles. The van der Waals surface area contributed by atoms with Gasteiger partial charge in [0.15, 0.2) is 12.2 Å². The molecule has 0 rings (SSSR count). The van der Waals surface area contributed by atoms with Gasteiger partial charge in [0, 0.05) is 25.7 Å². The number of unbranched alkanes of at least 4 members (excludes halogenated alkanes) is 51. The van der Waals surface area contributed by atoms with Crippen molar-refractivity contribution >= 4 is 39.5 Å². The van der Waals surface area contributed by atoms with E-state index >= 15 is 0 Å². The lowest BCUT2D eigenvalue weighted by molar-refractivity contribution is -0.161. The van der Waals surface area contributed by atoms with Crippen LogP contribution in [0.3, 0.4) is 0 Å². The summed E-state index contributed by atoms with van der Waals surface area (Å²) >= 11 is 0. The standard InChI is InChI=1S/C85H166O17P2/c1-8-9-10-11-12-13-14-15-16-17-18-19-20-23-30-35-40-45-54-61-68-84(89)101-80(72-95-82(87)66-59-52-44-39-34-29-24-21-22-27-32-37-42-49-56-63-76(2)3)74-99-103(91,92)97-70-79(86)71-98-104(93,94)100-75-81(73-96-83(88)67-60-53-48-47-51-58-65-78(6)7)102-85(90)69-62-55-46-41-36-31-26-25-28-33-38-43-50-57-64-77(4)5/h76-81,86H,8-75H2,1-7H3,(H,91,92)(H,93,94)/t79-,80-,81-/m1/s1. The van der Waals surface area contributed by atoms with Crippen molar-refractivity contribution in [1.82, 2.24) is 0 Å². The molecule has 0 aliphatic heterocycles. The number of rotatable bonds is 83. The number of phosphoric acid groups is 2. The molecule has 0 fully saturated rings. The molecular weight excluding hydrogens is 1350 g/mol. The third kappa shape index (κ3) is 78.2. The predicted octanol–water partition coefficient (Wildman–Crippen LogP) is 25.7. The van der Waals surface area contributed by atoms with Gasteiger partial charge in [0.2, 0.25) is 0 Å². The van der Waals surface area contributed by atoms with Crippen LogP contribution in [0.5, 0.6) is 0 Å². The van der Waals surface area contributed by atoms with Gasteiger partial charge in [0.25, 0.3) is 0 Å². The summed E-state index contributed by atoms with van der Waals surface area (Å²) in [5, 5.41) is 10.7. The van der Waals surface area contributed by atoms with E-state index in [2.05, 4.69) is 48.5 Å². The largest absolute Gasteiger partial charge is 0.472 e. The van der Waals surface area contributed by atoms with E-state index in [0.29, 0.717) is 31.6 Å². The molecular formula is C85H166O17P2. The molecule has 104 heavy (non-hydrogen) atoms. The second-order valence-corrected chi connectivity index (χ2v) is 34.9. The van der Waals surface area contributed by atoms with E-state index in [9.17, 15) is 43.2 Å². The summed E-state index contributed by atoms with van der Waals surface area (Å²) in [5.41, 5.74) is 0. The number of hydrogen-bond donors (Lipinski definition) is 3. The van der Waals surface area contributed by atoms with Gasteiger partial charge in [0.05, 0.1) is 26.4 Å². The van der Waals surface area contributed by atoms with E-state index in [-0.39, 0.29) is 25.7 Å². The Morgan fingerprint density at radius 1 is 0.260 bits per heavy atom. The third-order valence-electron chi connectivity index (χ3n) is 19.9. The van der Waals surface area contributed by atoms with Crippen molar-refractivity contribution in [3.05, 3.63) is 0 Å². The maximum atomic E-state index is 13.1. The van der Waals surface area contributed by atoms with Crippen molar-refractivity contribution in [3.8, 4) is 0 Å². The maximum Gasteiger partial charge on any atom is 0.472 e. The molecule has 17 nitrogen and oxygen atoms in total. The van der Waals surface area contributed by atoms with Crippen LogP contribution in [-0.4, -0.2) is 96.7 Å². The lowest BCUT2D eigenvalue weighted by Gasteiger charge is -2.21. The fourth-order valence-electron chi connectivity index (χ4n) is 13.2. The zero-order chi connectivity index (χ0) is 76.5. The highest BCUT2D eigenvalue weighted by atomic mass is 31.2. The van der Waals surface area contributed by atoms with Crippen LogP contribution in [0.25, 0.3) is 0 Å². The zero-order valence-electron chi connectivity index (χ0n) is 68.5. The van der Waals surface area contributed by atoms with Crippen LogP contribution in [0.2, 0.25) is 0 Å². The van der Waals surface area contributed by atoms with Gasteiger partial charge in [-0.25, -0.2) is 9.13 Å². The number of carbonyl (C=O) groups excluding carboxylic acids is 4. The number of carbonyl (C=O) groups is 4. The molecule has 2 unspecified atom stereocenters. The van der Waals surface area contributed by atoms with E-state index in [1.54, 1.807) is 0 Å². The summed E-state index contributed by atoms with van der Waals surface area (Å²) in [6.45, 7) is 11.9. The van der Waals surface area contributed by atoms with Gasteiger partial charge in [-0.3, -0.25) is 37.3 Å². The Balaban J connectivity index is 5.22. The second kappa shape index (κ2) is 75.1. The molecule has 0 bridgehead atoms. The molecule has 618 valence electrons. The van der Waals surface area contributed by atoms with Crippen LogP contribution in [0, 0.1) is 17.8 Å². The van der Waals surface area contributed by atoms with E-state index in [0.717, 1.165) is 108 Å². The van der Waals surface area contributed by atoms with E-state index in [1.165, 1.54) is 250 Å². The number of esters is 4. The van der Waals surface area contributed by atoms with Crippen LogP contribution in [-0.2, 0) is 65.4 Å². The quantitative estimate of drug-likeness (QED) is 0.0222. The lowest BCUT2D eigenvalue weighted by Crippen LogP contribution is -2.30. The number of aliphatic hydroxyl groups excluding tert-OH is 1. The molecule has 0 saturated heterocycles. The summed E-state index contributed by atoms with van der Waals surface area (Å²) in [6.07, 6.45) is 65.5. The van der Waals surface area contributed by atoms with E-state index in [1.807, 2.05) is 0 Å². The van der Waals surface area contributed by atoms with Crippen molar-refractivity contribution in [1.29, 1.82) is 0 Å². The molecule has 0 aromatic rings. The van der Waals surface area contributed by atoms with Crippen molar-refractivity contribution in [3.63, 3.8) is 0 Å². The summed E-state index contributed by atoms with van der Waals surface area (Å²) in [7, 11) is -9.93. The number of phosphoric ester groups is 2. The molecule has 3 N–H and O–H groups in total. The fourth-order valence-corrected chi connectivity index (χ4v) is 14.8. The molecule has 0 aliphatic rings. The summed E-state index contributed by atoms with van der Waals surface area (Å²) < 4.78 is 68.8. The minimum Gasteiger partial charge on any atom is -0.462 e. The predicted molar refractivity (Wildman–Crippen MR) is 428 cm³/mol. The molecule has 0 amide bonds. The molecule has 0 aromatic carbocycles. The fraction of sp³-hybridized carbons (Fsp3) is 0.953. The van der Waals surface area contributed by atoms with Gasteiger partial charge in [0.1, 0.15) is 19.3 Å². The first-order chi connectivity index (χ1) is 50.2. The van der Waals surface area contributed by atoms with E-state index in [4.69, 9.17) is 37.0 Å². The molecule has 0 radical (unpaired) electrons. The van der Waals surface area contributed by atoms with Crippen molar-refractivity contribution in [2.24, 2.45) is 17.8 Å². The second-order valence-electron chi connectivity index (χ2n) is 32.0. The Hall–Kier alpha value is -1.94. The van der Waals surface area contributed by atoms with Gasteiger partial charge in [-0.2, -0.15) is 0 Å². The minimum absolute atomic E-state index is 0.107. The molecule has 0 saturated carbocycles. The average molecular weight is 1520 g/mol. The Bertz CT molecular complexity index is 2010. The highest BCUT2D eigenvalue weighted by Crippen LogP contribution is 2.45. The number of hydrogen-bond acceptors (Lipinski definition) is 15. The number of ether oxygens (including phenoxy) is 4. The monoisotopic (exact) mass is 1520 g/mol. The van der Waals surface area contributed by atoms with Crippen molar-refractivity contribution in [2.75, 3.05) is 39.6 Å². The van der Waals surface area contributed by atoms with Gasteiger partial charge in [-0.15, -0.1) is 0 Å². The first-order valence-electron chi connectivity index (χ1n) is 43.8. The smallest absolute Gasteiger partial charge is 0.462 e. The zero-order valence-corrected chi connectivity index (χ0v) is 70.3. The topological polar surface area (TPSA) is 237 Å². The van der Waals surface area contributed by atoms with Gasteiger partial charge < -0.3 is 33.8 Å². The van der Waals surface area contributed by atoms with Gasteiger partial charge in [-0.05, 0) is 43.4 Å². The highest BCUT2D eigenvalue weighted by molar-refractivity contribution is 7.47. The Morgan fingerprint density at radius 2 is 0.442 bits per heavy atom. The van der Waals surface area contributed by atoms with Gasteiger partial charge >= 0.3 is 39.5 Å². The Morgan fingerprint density at radius 3 is 0.654 bits per heavy atom. The summed E-state index contributed by atoms with van der Waals surface area (Å²) in [4.78, 5) is 73.1. The highest BCUT2D eigenvalue weighted by Gasteiger charge is 2.30. The van der Waals surface area contributed by atoms with Crippen LogP contribution in [0.4, 0.5) is 0 Å². The first-order valence-corrected chi connectivity index (χ1v) is 46.8. The third-order valence-corrected chi connectivity index (χ3v) is 21.8. The SMILES string of the molecule is CCCCCCCCCCCCCCCCCCCCCCC(=O)O[C@H](COC(=O)CCCCCCCCCCCCCCCCCC(C)C)COP(=O)(O)OC[C@@H](O)COP(=O)(O)OC[C@@H](COC(=O)CCCCCCCCC(C)C)OC(=O)CCCCCCCCCCCCCCCCC(C)C. The maximum absolute atomic E-state index is 13.1. The molecule has 0 heterocycles. The lowest BCUT2D eigenvalue weighted by atomic mass is 10.0. The molecule has 0 aromatic heterocycles. The normalized spacial score (nSPS) is 13.9. The van der Waals surface area contributed by atoms with Crippen LogP contribution in [0.1, 0.15) is 447 Å². The first kappa shape index (κ1) is 102. The molecule has 0 spiro atoms. The van der Waals surface area contributed by atoms with Crippen LogP contribution < -0.4 is 0 Å². The molecule has 19 heteroatoms. The Labute approximate surface area is 638 Å². The summed E-state index contributed by atoms with van der Waals surface area (Å²) in [5.74, 6) is 0.173. The van der Waals surface area contributed by atoms with Crippen molar-refractivity contribution in [2.45, 2.75) is 465 Å². The molecule has 5 atom stereocenters. The van der Waals surface area contributed by atoms with Crippen LogP contribution >= 0.6 is 15.6 Å². The van der Waals surface area contributed by atoms with E-state index < -0.39 is 97.5 Å². The van der Waals surface area contributed by atoms with Crippen molar-refractivity contribution < 1.29 is 80.2 Å². The number of aliphatic hydroxyl groups is 1. The summed E-state index contributed by atoms with van der Waals surface area (Å²) in [6, 6.07) is 0. The average Bonchev–Trinajstić information content (AvgIpc) is 0.906.